The third-order valence-electron chi connectivity index (χ3n) is 5.67. The van der Waals surface area contributed by atoms with E-state index < -0.39 is 5.82 Å². The van der Waals surface area contributed by atoms with Crippen LogP contribution in [0, 0.1) is 18.3 Å². The summed E-state index contributed by atoms with van der Waals surface area (Å²) in [5.41, 5.74) is 6.75. The molecule has 0 bridgehead atoms. The number of rotatable bonds is 6. The maximum atomic E-state index is 14.3. The van der Waals surface area contributed by atoms with Crippen molar-refractivity contribution < 1.29 is 13.9 Å². The van der Waals surface area contributed by atoms with Gasteiger partial charge in [-0.1, -0.05) is 15.9 Å². The van der Waals surface area contributed by atoms with E-state index >= 15 is 0 Å². The number of nitrogens with one attached hydrogen (secondary N) is 1. The number of benzene rings is 2. The molecule has 4 rings (SSSR count). The van der Waals surface area contributed by atoms with Crippen molar-refractivity contribution in [1.82, 2.24) is 14.9 Å². The van der Waals surface area contributed by atoms with Gasteiger partial charge in [0.2, 0.25) is 0 Å². The van der Waals surface area contributed by atoms with E-state index in [1.807, 2.05) is 4.90 Å². The minimum absolute atomic E-state index is 0.262. The van der Waals surface area contributed by atoms with Gasteiger partial charge in [0.1, 0.15) is 23.1 Å². The fraction of sp³-hybridized carbons (Fsp3) is 0.304. The zero-order valence-corrected chi connectivity index (χ0v) is 20.0. The number of hydrogen-bond acceptors (Lipinski definition) is 6. The van der Waals surface area contributed by atoms with Crippen LogP contribution in [0.5, 0.6) is 11.5 Å². The minimum atomic E-state index is -0.402. The van der Waals surface area contributed by atoms with Gasteiger partial charge >= 0.3 is 0 Å². The smallest absolute Gasteiger partial charge is 0.277 e. The van der Waals surface area contributed by atoms with Crippen LogP contribution in [0.4, 0.5) is 15.9 Å². The van der Waals surface area contributed by atoms with Crippen molar-refractivity contribution in [1.29, 1.82) is 0 Å². The van der Waals surface area contributed by atoms with Crippen molar-refractivity contribution in [2.45, 2.75) is 12.8 Å². The molecule has 3 N–H and O–H groups in total. The van der Waals surface area contributed by atoms with E-state index in [0.29, 0.717) is 50.9 Å². The summed E-state index contributed by atoms with van der Waals surface area (Å²) in [6.45, 7) is 8.76. The van der Waals surface area contributed by atoms with E-state index in [4.69, 9.17) is 21.8 Å². The molecule has 0 saturated carbocycles. The van der Waals surface area contributed by atoms with Crippen LogP contribution >= 0.6 is 15.9 Å². The van der Waals surface area contributed by atoms with Gasteiger partial charge in [0, 0.05) is 29.0 Å². The summed E-state index contributed by atoms with van der Waals surface area (Å²) in [6.07, 6.45) is 3.17. The molecule has 0 unspecified atom stereocenters. The fourth-order valence-corrected chi connectivity index (χ4v) is 4.14. The first-order valence-electron chi connectivity index (χ1n) is 10.6. The number of guanidine groups is 1. The molecule has 176 valence electrons. The number of likely N-dealkylation sites (tertiary alicyclic amines) is 1. The Hall–Kier alpha value is -3.65. The standard InChI is InChI=1S/C23H23BrFN7O2/c1-27-31-23(26)32-7-5-14(6-8-32)12-34-21-11-19-16(10-20(21)33-2)22(29-13-28-19)30-18-4-3-15(24)9-17(18)25/h3-4,9-11,13-14H,5-8,12H2,2H3,(H2,26,31)(H,28,29,30). The number of nitrogens with zero attached hydrogens (tertiary/aromatic N) is 5. The van der Waals surface area contributed by atoms with Crippen LogP contribution in [0.25, 0.3) is 15.9 Å². The SMILES string of the molecule is [C-]#[N+]N=C(N)N1CCC(COc2cc3ncnc(Nc4ccc(Br)cc4F)c3cc2OC)CC1. The largest absolute Gasteiger partial charge is 0.493 e. The Bertz CT molecular complexity index is 1260. The molecule has 1 saturated heterocycles. The number of methoxy groups -OCH3 is 1. The second-order valence-corrected chi connectivity index (χ2v) is 8.71. The molecular formula is C23H23BrFN7O2. The highest BCUT2D eigenvalue weighted by atomic mass is 79.9. The molecule has 1 aliphatic heterocycles. The highest BCUT2D eigenvalue weighted by Gasteiger charge is 2.23. The van der Waals surface area contributed by atoms with Crippen molar-refractivity contribution in [2.75, 3.05) is 32.1 Å². The summed E-state index contributed by atoms with van der Waals surface area (Å²) in [5.74, 6) is 1.76. The molecule has 0 radical (unpaired) electrons. The summed E-state index contributed by atoms with van der Waals surface area (Å²) >= 11 is 3.26. The van der Waals surface area contributed by atoms with E-state index in [9.17, 15) is 4.39 Å². The average molecular weight is 528 g/mol. The van der Waals surface area contributed by atoms with E-state index in [-0.39, 0.29) is 5.96 Å². The van der Waals surface area contributed by atoms with Gasteiger partial charge in [0.05, 0.1) is 24.9 Å². The molecule has 34 heavy (non-hydrogen) atoms. The maximum absolute atomic E-state index is 14.3. The highest BCUT2D eigenvalue weighted by molar-refractivity contribution is 9.10. The third-order valence-corrected chi connectivity index (χ3v) is 6.16. The van der Waals surface area contributed by atoms with Gasteiger partial charge in [0.25, 0.3) is 5.96 Å². The van der Waals surface area contributed by atoms with Gasteiger partial charge in [0.15, 0.2) is 11.5 Å². The number of fused-ring (bicyclic) bond motifs is 1. The Morgan fingerprint density at radius 3 is 2.79 bits per heavy atom. The number of anilines is 2. The lowest BCUT2D eigenvalue weighted by molar-refractivity contribution is 0.176. The first-order chi connectivity index (χ1) is 16.5. The number of piperidine rings is 1. The Labute approximate surface area is 204 Å². The zero-order valence-electron chi connectivity index (χ0n) is 18.5. The number of ether oxygens (including phenoxy) is 2. The predicted molar refractivity (Wildman–Crippen MR) is 131 cm³/mol. The summed E-state index contributed by atoms with van der Waals surface area (Å²) < 4.78 is 26.6. The van der Waals surface area contributed by atoms with Crippen LogP contribution in [-0.2, 0) is 0 Å². The molecule has 2 heterocycles. The predicted octanol–water partition coefficient (Wildman–Crippen LogP) is 4.52. The Balaban J connectivity index is 1.49. The van der Waals surface area contributed by atoms with Crippen molar-refractivity contribution in [2.24, 2.45) is 16.8 Å². The van der Waals surface area contributed by atoms with Crippen molar-refractivity contribution >= 4 is 44.3 Å². The van der Waals surface area contributed by atoms with E-state index in [1.54, 1.807) is 31.4 Å². The van der Waals surface area contributed by atoms with Crippen molar-refractivity contribution in [3.63, 3.8) is 0 Å². The number of hydrogen-bond donors (Lipinski definition) is 2. The molecule has 0 atom stereocenters. The molecule has 1 fully saturated rings. The van der Waals surface area contributed by atoms with Gasteiger partial charge in [-0.05, 0) is 43.0 Å². The topological polar surface area (TPSA) is 102 Å². The number of nitrogens with two attached hydrogens (primary N) is 1. The van der Waals surface area contributed by atoms with Gasteiger partial charge in [-0.3, -0.25) is 0 Å². The molecule has 1 aliphatic rings. The monoisotopic (exact) mass is 527 g/mol. The van der Waals surface area contributed by atoms with Crippen LogP contribution in [0.1, 0.15) is 12.8 Å². The fourth-order valence-electron chi connectivity index (χ4n) is 3.81. The quantitative estimate of drug-likeness (QED) is 0.210. The van der Waals surface area contributed by atoms with Crippen LogP contribution in [0.2, 0.25) is 0 Å². The first kappa shape index (κ1) is 23.5. The van der Waals surface area contributed by atoms with Gasteiger partial charge in [-0.25, -0.2) is 14.4 Å². The van der Waals surface area contributed by atoms with Gasteiger partial charge < -0.3 is 25.4 Å². The van der Waals surface area contributed by atoms with Crippen molar-refractivity contribution in [3.8, 4) is 11.5 Å². The van der Waals surface area contributed by atoms with E-state index in [1.165, 1.54) is 12.4 Å². The Morgan fingerprint density at radius 1 is 1.29 bits per heavy atom. The van der Waals surface area contributed by atoms with Crippen LogP contribution in [0.3, 0.4) is 0 Å². The number of halogens is 2. The minimum Gasteiger partial charge on any atom is -0.493 e. The van der Waals surface area contributed by atoms with Crippen LogP contribution in [0.15, 0.2) is 46.2 Å². The normalized spacial score (nSPS) is 14.6. The molecule has 3 aromatic rings. The first-order valence-corrected chi connectivity index (χ1v) is 11.4. The van der Waals surface area contributed by atoms with Gasteiger partial charge in [-0.15, -0.1) is 4.95 Å². The second kappa shape index (κ2) is 10.5. The summed E-state index contributed by atoms with van der Waals surface area (Å²) in [6, 6.07) is 8.35. The lowest BCUT2D eigenvalue weighted by Crippen LogP contribution is -2.43. The lowest BCUT2D eigenvalue weighted by atomic mass is 9.98. The summed E-state index contributed by atoms with van der Waals surface area (Å²) in [5, 5.41) is 7.30. The molecule has 0 spiro atoms. The zero-order chi connectivity index (χ0) is 24.1. The highest BCUT2D eigenvalue weighted by Crippen LogP contribution is 2.35. The Kier molecular flexibility index (Phi) is 7.27. The molecule has 0 aliphatic carbocycles. The number of aromatic nitrogens is 2. The lowest BCUT2D eigenvalue weighted by Gasteiger charge is -2.31. The molecule has 2 aromatic carbocycles. The molecule has 11 heteroatoms. The molecular weight excluding hydrogens is 505 g/mol. The molecule has 9 nitrogen and oxygen atoms in total. The van der Waals surface area contributed by atoms with Crippen LogP contribution in [-0.4, -0.2) is 47.6 Å². The molecule has 0 amide bonds. The van der Waals surface area contributed by atoms with Crippen molar-refractivity contribution in [3.05, 3.63) is 58.5 Å². The van der Waals surface area contributed by atoms with E-state index in [0.717, 1.165) is 25.9 Å². The van der Waals surface area contributed by atoms with E-state index in [2.05, 4.69) is 41.3 Å². The third kappa shape index (κ3) is 5.28. The summed E-state index contributed by atoms with van der Waals surface area (Å²) in [7, 11) is 1.57. The average Bonchev–Trinajstić information content (AvgIpc) is 2.84. The second-order valence-electron chi connectivity index (χ2n) is 7.79. The van der Waals surface area contributed by atoms with Crippen LogP contribution < -0.4 is 20.5 Å². The maximum Gasteiger partial charge on any atom is 0.277 e. The van der Waals surface area contributed by atoms with Gasteiger partial charge in [-0.2, -0.15) is 6.57 Å². The Morgan fingerprint density at radius 2 is 2.09 bits per heavy atom. The summed E-state index contributed by atoms with van der Waals surface area (Å²) in [4.78, 5) is 13.5. The molecule has 1 aromatic heterocycles.